The Morgan fingerprint density at radius 3 is 1.71 bits per heavy atom. The SMILES string of the molecule is Cc1ccc2ccccc2c1O.Oc1cccc2c(O)cccc12. The summed E-state index contributed by atoms with van der Waals surface area (Å²) in [5, 5.41) is 31.8. The Morgan fingerprint density at radius 1 is 0.542 bits per heavy atom. The van der Waals surface area contributed by atoms with Gasteiger partial charge in [-0.1, -0.05) is 60.7 Å². The molecule has 0 amide bonds. The van der Waals surface area contributed by atoms with Gasteiger partial charge in [0.15, 0.2) is 0 Å². The van der Waals surface area contributed by atoms with E-state index in [1.807, 2.05) is 43.3 Å². The summed E-state index contributed by atoms with van der Waals surface area (Å²) in [4.78, 5) is 0. The van der Waals surface area contributed by atoms with E-state index in [0.29, 0.717) is 16.5 Å². The molecule has 0 heterocycles. The van der Waals surface area contributed by atoms with Crippen LogP contribution >= 0.6 is 0 Å². The van der Waals surface area contributed by atoms with Crippen molar-refractivity contribution in [3.8, 4) is 17.2 Å². The molecule has 0 fully saturated rings. The largest absolute Gasteiger partial charge is 0.507 e. The van der Waals surface area contributed by atoms with Crippen LogP contribution in [-0.2, 0) is 0 Å². The molecule has 0 saturated heterocycles. The average molecular weight is 318 g/mol. The monoisotopic (exact) mass is 318 g/mol. The van der Waals surface area contributed by atoms with Crippen molar-refractivity contribution >= 4 is 21.5 Å². The molecule has 3 nitrogen and oxygen atoms in total. The molecule has 3 N–H and O–H groups in total. The molecule has 0 radical (unpaired) electrons. The van der Waals surface area contributed by atoms with E-state index in [1.54, 1.807) is 36.4 Å². The standard InChI is InChI=1S/C11H10O.C10H8O2/c1-8-6-7-9-4-2-3-5-10(9)11(8)12;11-9-5-1-3-7-8(9)4-2-6-10(7)12/h2-7,12H,1H3;1-6,11-12H. The van der Waals surface area contributed by atoms with Gasteiger partial charge in [0.05, 0.1) is 0 Å². The van der Waals surface area contributed by atoms with Crippen LogP contribution in [0.3, 0.4) is 0 Å². The second-order valence-corrected chi connectivity index (χ2v) is 5.60. The van der Waals surface area contributed by atoms with Crippen molar-refractivity contribution in [3.05, 3.63) is 78.4 Å². The first kappa shape index (κ1) is 15.7. The molecule has 0 atom stereocenters. The third kappa shape index (κ3) is 2.97. The van der Waals surface area contributed by atoms with Crippen LogP contribution in [-0.4, -0.2) is 15.3 Å². The lowest BCUT2D eigenvalue weighted by Crippen LogP contribution is -1.77. The molecule has 4 aromatic rings. The van der Waals surface area contributed by atoms with Gasteiger partial charge in [0.25, 0.3) is 0 Å². The Hall–Kier alpha value is -3.20. The fourth-order valence-corrected chi connectivity index (χ4v) is 2.64. The number of aryl methyl sites for hydroxylation is 1. The van der Waals surface area contributed by atoms with E-state index >= 15 is 0 Å². The number of hydrogen-bond donors (Lipinski definition) is 3. The highest BCUT2D eigenvalue weighted by Gasteiger charge is 2.01. The smallest absolute Gasteiger partial charge is 0.126 e. The number of aromatic hydroxyl groups is 3. The zero-order valence-corrected chi connectivity index (χ0v) is 13.3. The summed E-state index contributed by atoms with van der Waals surface area (Å²) in [6.07, 6.45) is 0. The van der Waals surface area contributed by atoms with Crippen molar-refractivity contribution in [1.82, 2.24) is 0 Å². The van der Waals surface area contributed by atoms with Crippen LogP contribution in [0, 0.1) is 6.92 Å². The van der Waals surface area contributed by atoms with Crippen LogP contribution in [0.2, 0.25) is 0 Å². The van der Waals surface area contributed by atoms with Crippen molar-refractivity contribution in [2.75, 3.05) is 0 Å². The van der Waals surface area contributed by atoms with Crippen molar-refractivity contribution < 1.29 is 15.3 Å². The number of phenolic OH excluding ortho intramolecular Hbond substituents is 3. The van der Waals surface area contributed by atoms with Gasteiger partial charge >= 0.3 is 0 Å². The van der Waals surface area contributed by atoms with E-state index in [1.165, 1.54) is 0 Å². The molecule has 0 aliphatic rings. The maximum atomic E-state index is 9.66. The summed E-state index contributed by atoms with van der Waals surface area (Å²) in [6.45, 7) is 1.90. The molecular weight excluding hydrogens is 300 g/mol. The van der Waals surface area contributed by atoms with Crippen molar-refractivity contribution in [2.45, 2.75) is 6.92 Å². The van der Waals surface area contributed by atoms with E-state index < -0.39 is 0 Å². The molecular formula is C21H18O3. The van der Waals surface area contributed by atoms with Crippen LogP contribution in [0.5, 0.6) is 17.2 Å². The first-order valence-electron chi connectivity index (χ1n) is 7.65. The molecule has 0 aliphatic carbocycles. The normalized spacial score (nSPS) is 10.4. The second-order valence-electron chi connectivity index (χ2n) is 5.60. The highest BCUT2D eigenvalue weighted by Crippen LogP contribution is 2.30. The van der Waals surface area contributed by atoms with Gasteiger partial charge in [-0.15, -0.1) is 0 Å². The van der Waals surface area contributed by atoms with E-state index in [-0.39, 0.29) is 11.5 Å². The minimum absolute atomic E-state index is 0.198. The van der Waals surface area contributed by atoms with E-state index in [0.717, 1.165) is 16.3 Å². The molecule has 24 heavy (non-hydrogen) atoms. The van der Waals surface area contributed by atoms with Crippen molar-refractivity contribution in [3.63, 3.8) is 0 Å². The van der Waals surface area contributed by atoms with Gasteiger partial charge in [-0.05, 0) is 30.0 Å². The van der Waals surface area contributed by atoms with Gasteiger partial charge in [-0.2, -0.15) is 0 Å². The van der Waals surface area contributed by atoms with Crippen molar-refractivity contribution in [1.29, 1.82) is 0 Å². The molecule has 0 spiro atoms. The van der Waals surface area contributed by atoms with Gasteiger partial charge < -0.3 is 15.3 Å². The van der Waals surface area contributed by atoms with Crippen LogP contribution in [0.1, 0.15) is 5.56 Å². The molecule has 0 aliphatic heterocycles. The van der Waals surface area contributed by atoms with Crippen LogP contribution in [0.25, 0.3) is 21.5 Å². The van der Waals surface area contributed by atoms with Gasteiger partial charge in [-0.25, -0.2) is 0 Å². The summed E-state index contributed by atoms with van der Waals surface area (Å²) < 4.78 is 0. The zero-order valence-electron chi connectivity index (χ0n) is 13.3. The van der Waals surface area contributed by atoms with Gasteiger partial charge in [0, 0.05) is 16.2 Å². The topological polar surface area (TPSA) is 60.7 Å². The molecule has 120 valence electrons. The predicted molar refractivity (Wildman–Crippen MR) is 97.6 cm³/mol. The molecule has 0 aromatic heterocycles. The fourth-order valence-electron chi connectivity index (χ4n) is 2.64. The van der Waals surface area contributed by atoms with Gasteiger partial charge in [0.2, 0.25) is 0 Å². The van der Waals surface area contributed by atoms with E-state index in [9.17, 15) is 15.3 Å². The molecule has 0 bridgehead atoms. The Labute approximate surface area is 140 Å². The Bertz CT molecular complexity index is 964. The molecule has 0 unspecified atom stereocenters. The Morgan fingerprint density at radius 2 is 1.08 bits per heavy atom. The highest BCUT2D eigenvalue weighted by molar-refractivity contribution is 5.92. The molecule has 3 heteroatoms. The number of phenols is 3. The summed E-state index contributed by atoms with van der Waals surface area (Å²) in [5.74, 6) is 0.792. The molecule has 4 aromatic carbocycles. The Kier molecular flexibility index (Phi) is 4.25. The summed E-state index contributed by atoms with van der Waals surface area (Å²) in [6, 6.07) is 21.9. The minimum Gasteiger partial charge on any atom is -0.507 e. The van der Waals surface area contributed by atoms with E-state index in [4.69, 9.17) is 0 Å². The first-order valence-corrected chi connectivity index (χ1v) is 7.65. The Balaban J connectivity index is 0.000000141. The number of hydrogen-bond acceptors (Lipinski definition) is 3. The minimum atomic E-state index is 0.198. The number of rotatable bonds is 0. The van der Waals surface area contributed by atoms with Gasteiger partial charge in [0.1, 0.15) is 17.2 Å². The fraction of sp³-hybridized carbons (Fsp3) is 0.0476. The summed E-state index contributed by atoms with van der Waals surface area (Å²) in [5.41, 5.74) is 0.925. The van der Waals surface area contributed by atoms with Crippen LogP contribution < -0.4 is 0 Å². The van der Waals surface area contributed by atoms with Crippen molar-refractivity contribution in [2.24, 2.45) is 0 Å². The first-order chi connectivity index (χ1) is 11.6. The zero-order chi connectivity index (χ0) is 17.1. The summed E-state index contributed by atoms with van der Waals surface area (Å²) in [7, 11) is 0. The predicted octanol–water partition coefficient (Wildman–Crippen LogP) is 5.10. The van der Waals surface area contributed by atoms with Crippen LogP contribution in [0.15, 0.2) is 72.8 Å². The second kappa shape index (κ2) is 6.50. The average Bonchev–Trinajstić information content (AvgIpc) is 2.60. The number of benzene rings is 4. The maximum absolute atomic E-state index is 9.66. The highest BCUT2D eigenvalue weighted by atomic mass is 16.3. The van der Waals surface area contributed by atoms with Crippen LogP contribution in [0.4, 0.5) is 0 Å². The quantitative estimate of drug-likeness (QED) is 0.422. The molecule has 4 rings (SSSR count). The molecule has 0 saturated carbocycles. The lowest BCUT2D eigenvalue weighted by Gasteiger charge is -2.02. The van der Waals surface area contributed by atoms with Gasteiger partial charge in [-0.3, -0.25) is 0 Å². The summed E-state index contributed by atoms with van der Waals surface area (Å²) >= 11 is 0. The maximum Gasteiger partial charge on any atom is 0.126 e. The lowest BCUT2D eigenvalue weighted by molar-refractivity contribution is 0.475. The lowest BCUT2D eigenvalue weighted by atomic mass is 10.1. The number of fused-ring (bicyclic) bond motifs is 2. The third-order valence-electron chi connectivity index (χ3n) is 3.98. The van der Waals surface area contributed by atoms with E-state index in [2.05, 4.69) is 0 Å². The third-order valence-corrected chi connectivity index (χ3v) is 3.98.